The van der Waals surface area contributed by atoms with Crippen LogP contribution in [-0.4, -0.2) is 43.7 Å². The van der Waals surface area contributed by atoms with Gasteiger partial charge in [-0.05, 0) is 44.5 Å². The fraction of sp³-hybridized carbons (Fsp3) is 0.562. The molecule has 1 saturated heterocycles. The molecule has 1 fully saturated rings. The van der Waals surface area contributed by atoms with E-state index in [1.165, 1.54) is 6.42 Å². The highest BCUT2D eigenvalue weighted by Crippen LogP contribution is 2.26. The van der Waals surface area contributed by atoms with Gasteiger partial charge in [0.05, 0.1) is 23.5 Å². The molecule has 1 unspecified atom stereocenters. The van der Waals surface area contributed by atoms with Gasteiger partial charge in [-0.1, -0.05) is 13.0 Å². The molecule has 0 saturated carbocycles. The molecule has 1 heterocycles. The molecule has 0 bridgehead atoms. The second-order valence-corrected chi connectivity index (χ2v) is 5.42. The predicted octanol–water partition coefficient (Wildman–Crippen LogP) is 2.20. The van der Waals surface area contributed by atoms with E-state index in [0.29, 0.717) is 29.5 Å². The smallest absolute Gasteiger partial charge is 0.340 e. The van der Waals surface area contributed by atoms with Crippen LogP contribution in [0.25, 0.3) is 0 Å². The van der Waals surface area contributed by atoms with Gasteiger partial charge in [0.25, 0.3) is 0 Å². The van der Waals surface area contributed by atoms with Crippen LogP contribution in [0.2, 0.25) is 0 Å². The third-order valence-electron chi connectivity index (χ3n) is 3.98. The lowest BCUT2D eigenvalue weighted by molar-refractivity contribution is 0.0527. The van der Waals surface area contributed by atoms with Crippen molar-refractivity contribution >= 4 is 17.3 Å². The number of hydrogen-bond acceptors (Lipinski definition) is 5. The lowest BCUT2D eigenvalue weighted by atomic mass is 10.1. The molecule has 1 atom stereocenters. The van der Waals surface area contributed by atoms with Crippen LogP contribution in [-0.2, 0) is 4.74 Å². The number of ether oxygens (including phenoxy) is 1. The first kappa shape index (κ1) is 15.6. The summed E-state index contributed by atoms with van der Waals surface area (Å²) in [5.41, 5.74) is 7.82. The highest BCUT2D eigenvalue weighted by Gasteiger charge is 2.22. The zero-order valence-electron chi connectivity index (χ0n) is 12.9. The van der Waals surface area contributed by atoms with Gasteiger partial charge in [0, 0.05) is 13.1 Å². The molecule has 5 heteroatoms. The zero-order valence-corrected chi connectivity index (χ0v) is 12.9. The average Bonchev–Trinajstić information content (AvgIpc) is 2.94. The van der Waals surface area contributed by atoms with Gasteiger partial charge in [-0.2, -0.15) is 0 Å². The third-order valence-corrected chi connectivity index (χ3v) is 3.98. The number of nitrogen functional groups attached to an aromatic ring is 1. The van der Waals surface area contributed by atoms with E-state index >= 15 is 0 Å². The summed E-state index contributed by atoms with van der Waals surface area (Å²) in [7, 11) is 0. The Labute approximate surface area is 126 Å². The van der Waals surface area contributed by atoms with Crippen LogP contribution in [0.3, 0.4) is 0 Å². The van der Waals surface area contributed by atoms with Gasteiger partial charge in [0.1, 0.15) is 0 Å². The van der Waals surface area contributed by atoms with Crippen LogP contribution in [0.4, 0.5) is 11.4 Å². The molecule has 21 heavy (non-hydrogen) atoms. The van der Waals surface area contributed by atoms with Crippen LogP contribution >= 0.6 is 0 Å². The highest BCUT2D eigenvalue weighted by molar-refractivity contribution is 5.98. The normalized spacial score (nSPS) is 18.7. The Kier molecular flexibility index (Phi) is 5.44. The summed E-state index contributed by atoms with van der Waals surface area (Å²) < 4.78 is 5.09. The topological polar surface area (TPSA) is 67.6 Å². The maximum Gasteiger partial charge on any atom is 0.340 e. The van der Waals surface area contributed by atoms with Crippen molar-refractivity contribution in [3.05, 3.63) is 23.8 Å². The van der Waals surface area contributed by atoms with Crippen molar-refractivity contribution in [1.29, 1.82) is 0 Å². The summed E-state index contributed by atoms with van der Waals surface area (Å²) >= 11 is 0. The van der Waals surface area contributed by atoms with E-state index in [1.54, 1.807) is 25.1 Å². The van der Waals surface area contributed by atoms with Crippen LogP contribution in [0.5, 0.6) is 0 Å². The summed E-state index contributed by atoms with van der Waals surface area (Å²) in [4.78, 5) is 14.4. The van der Waals surface area contributed by atoms with Crippen molar-refractivity contribution in [2.24, 2.45) is 5.92 Å². The molecular formula is C16H25N3O2. The molecule has 1 aromatic rings. The monoisotopic (exact) mass is 291 g/mol. The number of nitrogens with zero attached hydrogens (tertiary/aromatic N) is 1. The van der Waals surface area contributed by atoms with Crippen molar-refractivity contribution in [2.45, 2.75) is 20.3 Å². The van der Waals surface area contributed by atoms with E-state index in [1.807, 2.05) is 0 Å². The Bertz CT molecular complexity index is 490. The zero-order chi connectivity index (χ0) is 15.2. The van der Waals surface area contributed by atoms with E-state index < -0.39 is 0 Å². The number of rotatable bonds is 6. The minimum absolute atomic E-state index is 0.325. The van der Waals surface area contributed by atoms with E-state index in [0.717, 1.165) is 26.2 Å². The fourth-order valence-electron chi connectivity index (χ4n) is 2.76. The number of nitrogens with one attached hydrogen (secondary N) is 1. The van der Waals surface area contributed by atoms with Crippen molar-refractivity contribution in [3.63, 3.8) is 0 Å². The van der Waals surface area contributed by atoms with Gasteiger partial charge < -0.3 is 20.7 Å². The number of nitrogens with two attached hydrogens (primary N) is 1. The second-order valence-electron chi connectivity index (χ2n) is 5.42. The molecule has 0 aromatic heterocycles. The summed E-state index contributed by atoms with van der Waals surface area (Å²) in [6.07, 6.45) is 1.18. The lowest BCUT2D eigenvalue weighted by Crippen LogP contribution is -2.23. The molecule has 116 valence electrons. The predicted molar refractivity (Wildman–Crippen MR) is 85.5 cm³/mol. The Morgan fingerprint density at radius 3 is 2.95 bits per heavy atom. The number of hydrogen-bond donors (Lipinski definition) is 2. The molecule has 0 amide bonds. The Morgan fingerprint density at radius 1 is 1.48 bits per heavy atom. The number of carbonyl (C=O) groups is 1. The van der Waals surface area contributed by atoms with Gasteiger partial charge in [0.15, 0.2) is 0 Å². The van der Waals surface area contributed by atoms with Gasteiger partial charge in [-0.3, -0.25) is 0 Å². The molecule has 3 N–H and O–H groups in total. The van der Waals surface area contributed by atoms with Gasteiger partial charge in [0.2, 0.25) is 0 Å². The van der Waals surface area contributed by atoms with E-state index in [9.17, 15) is 4.79 Å². The first-order valence-corrected chi connectivity index (χ1v) is 7.67. The van der Waals surface area contributed by atoms with Gasteiger partial charge >= 0.3 is 5.97 Å². The molecule has 1 aromatic carbocycles. The molecule has 1 aliphatic rings. The van der Waals surface area contributed by atoms with Crippen LogP contribution in [0.15, 0.2) is 18.2 Å². The van der Waals surface area contributed by atoms with Crippen LogP contribution < -0.4 is 11.1 Å². The summed E-state index contributed by atoms with van der Waals surface area (Å²) in [5, 5.41) is 3.35. The Hall–Kier alpha value is -1.75. The number of anilines is 2. The largest absolute Gasteiger partial charge is 0.462 e. The van der Waals surface area contributed by atoms with Crippen molar-refractivity contribution in [2.75, 3.05) is 43.8 Å². The maximum atomic E-state index is 12.0. The number of likely N-dealkylation sites (tertiary alicyclic amines) is 1. The summed E-state index contributed by atoms with van der Waals surface area (Å²) in [6, 6.07) is 5.34. The molecule has 2 rings (SSSR count). The third kappa shape index (κ3) is 3.88. The van der Waals surface area contributed by atoms with Crippen LogP contribution in [0.1, 0.15) is 30.6 Å². The van der Waals surface area contributed by atoms with Crippen molar-refractivity contribution in [1.82, 2.24) is 4.90 Å². The molecule has 0 radical (unpaired) electrons. The summed E-state index contributed by atoms with van der Waals surface area (Å²) in [5.74, 6) is 0.272. The minimum Gasteiger partial charge on any atom is -0.462 e. The van der Waals surface area contributed by atoms with E-state index in [-0.39, 0.29) is 5.97 Å². The van der Waals surface area contributed by atoms with E-state index in [2.05, 4.69) is 17.1 Å². The summed E-state index contributed by atoms with van der Waals surface area (Å²) in [6.45, 7) is 8.53. The minimum atomic E-state index is -0.325. The average molecular weight is 291 g/mol. The number of carbonyl (C=O) groups excluding carboxylic acids is 1. The number of para-hydroxylation sites is 1. The second kappa shape index (κ2) is 7.31. The van der Waals surface area contributed by atoms with Crippen LogP contribution in [0, 0.1) is 5.92 Å². The first-order chi connectivity index (χ1) is 10.2. The van der Waals surface area contributed by atoms with Gasteiger partial charge in [-0.15, -0.1) is 0 Å². The standard InChI is InChI=1S/C16H25N3O2/c1-3-19-9-8-12(11-19)10-18-15-13(16(20)21-4-2)6-5-7-14(15)17/h5-7,12,18H,3-4,8-11,17H2,1-2H3. The molecule has 1 aliphatic heterocycles. The molecular weight excluding hydrogens is 266 g/mol. The quantitative estimate of drug-likeness (QED) is 0.621. The van der Waals surface area contributed by atoms with Crippen molar-refractivity contribution in [3.8, 4) is 0 Å². The first-order valence-electron chi connectivity index (χ1n) is 7.67. The highest BCUT2D eigenvalue weighted by atomic mass is 16.5. The van der Waals surface area contributed by atoms with Crippen molar-refractivity contribution < 1.29 is 9.53 Å². The fourth-order valence-corrected chi connectivity index (χ4v) is 2.76. The molecule has 0 spiro atoms. The number of esters is 1. The number of benzene rings is 1. The molecule has 0 aliphatic carbocycles. The Morgan fingerprint density at radius 2 is 2.29 bits per heavy atom. The SMILES string of the molecule is CCOC(=O)c1cccc(N)c1NCC1CCN(CC)C1. The molecule has 5 nitrogen and oxygen atoms in total. The van der Waals surface area contributed by atoms with E-state index in [4.69, 9.17) is 10.5 Å². The van der Waals surface area contributed by atoms with Gasteiger partial charge in [-0.25, -0.2) is 4.79 Å². The Balaban J connectivity index is 2.03. The lowest BCUT2D eigenvalue weighted by Gasteiger charge is -2.17. The maximum absolute atomic E-state index is 12.0.